The van der Waals surface area contributed by atoms with Crippen molar-refractivity contribution in [2.45, 2.75) is 13.0 Å². The molecule has 1 fully saturated rings. The van der Waals surface area contributed by atoms with Gasteiger partial charge in [-0.05, 0) is 24.6 Å². The zero-order valence-electron chi connectivity index (χ0n) is 11.3. The molecule has 1 N–H and O–H groups in total. The van der Waals surface area contributed by atoms with Crippen LogP contribution < -0.4 is 0 Å². The maximum absolute atomic E-state index is 13.8. The van der Waals surface area contributed by atoms with Crippen LogP contribution in [0.25, 0.3) is 0 Å². The molecule has 0 saturated heterocycles. The standard InChI is InChI=1S/C15H15BrFNO3/c1-2-5-18(14(19)11-7-12(11)15(20)21)8-9-6-10(16)3-4-13(9)17/h2-4,6,11-12H,1,5,7-8H2,(H,20,21). The summed E-state index contributed by atoms with van der Waals surface area (Å²) in [6.45, 7) is 3.94. The van der Waals surface area contributed by atoms with E-state index in [1.165, 1.54) is 11.0 Å². The summed E-state index contributed by atoms with van der Waals surface area (Å²) in [5, 5.41) is 8.90. The van der Waals surface area contributed by atoms with E-state index in [4.69, 9.17) is 5.11 Å². The molecule has 2 rings (SSSR count). The number of carboxylic acid groups (broad SMARTS) is 1. The van der Waals surface area contributed by atoms with E-state index in [-0.39, 0.29) is 19.0 Å². The number of hydrogen-bond acceptors (Lipinski definition) is 2. The number of carbonyl (C=O) groups excluding carboxylic acids is 1. The lowest BCUT2D eigenvalue weighted by atomic mass is 10.2. The van der Waals surface area contributed by atoms with Crippen molar-refractivity contribution in [1.82, 2.24) is 4.90 Å². The van der Waals surface area contributed by atoms with Crippen LogP contribution in [0.1, 0.15) is 12.0 Å². The van der Waals surface area contributed by atoms with Gasteiger partial charge in [0, 0.05) is 23.1 Å². The SMILES string of the molecule is C=CCN(Cc1cc(Br)ccc1F)C(=O)C1CC1C(=O)O. The monoisotopic (exact) mass is 355 g/mol. The Hall–Kier alpha value is -1.69. The predicted octanol–water partition coefficient (Wildman–Crippen LogP) is 2.82. The van der Waals surface area contributed by atoms with E-state index in [1.807, 2.05) is 0 Å². The molecule has 1 saturated carbocycles. The first kappa shape index (κ1) is 15.7. The Labute approximate surface area is 130 Å². The van der Waals surface area contributed by atoms with Gasteiger partial charge in [0.2, 0.25) is 5.91 Å². The molecule has 0 spiro atoms. The van der Waals surface area contributed by atoms with Crippen LogP contribution in [0, 0.1) is 17.7 Å². The van der Waals surface area contributed by atoms with E-state index in [2.05, 4.69) is 22.5 Å². The minimum absolute atomic E-state index is 0.0962. The first-order valence-electron chi connectivity index (χ1n) is 6.50. The fourth-order valence-electron chi connectivity index (χ4n) is 2.23. The lowest BCUT2D eigenvalue weighted by Crippen LogP contribution is -2.33. The van der Waals surface area contributed by atoms with Gasteiger partial charge < -0.3 is 10.0 Å². The highest BCUT2D eigenvalue weighted by molar-refractivity contribution is 9.10. The van der Waals surface area contributed by atoms with Crippen LogP contribution in [0.15, 0.2) is 35.3 Å². The van der Waals surface area contributed by atoms with Crippen molar-refractivity contribution in [3.63, 3.8) is 0 Å². The van der Waals surface area contributed by atoms with Crippen LogP contribution in [0.4, 0.5) is 4.39 Å². The molecule has 0 radical (unpaired) electrons. The van der Waals surface area contributed by atoms with Crippen LogP contribution in [-0.4, -0.2) is 28.4 Å². The summed E-state index contributed by atoms with van der Waals surface area (Å²) in [7, 11) is 0. The third-order valence-corrected chi connectivity index (χ3v) is 3.95. The highest BCUT2D eigenvalue weighted by atomic mass is 79.9. The zero-order chi connectivity index (χ0) is 15.6. The summed E-state index contributed by atoms with van der Waals surface area (Å²) in [4.78, 5) is 24.6. The minimum atomic E-state index is -0.958. The van der Waals surface area contributed by atoms with Gasteiger partial charge in [0.1, 0.15) is 5.82 Å². The second-order valence-electron chi connectivity index (χ2n) is 5.03. The number of benzene rings is 1. The van der Waals surface area contributed by atoms with Crippen molar-refractivity contribution in [2.24, 2.45) is 11.8 Å². The minimum Gasteiger partial charge on any atom is -0.481 e. The summed E-state index contributed by atoms with van der Waals surface area (Å²) in [6.07, 6.45) is 1.90. The first-order valence-corrected chi connectivity index (χ1v) is 7.29. The van der Waals surface area contributed by atoms with Gasteiger partial charge >= 0.3 is 5.97 Å². The van der Waals surface area contributed by atoms with Crippen molar-refractivity contribution >= 4 is 27.8 Å². The van der Waals surface area contributed by atoms with E-state index < -0.39 is 23.6 Å². The van der Waals surface area contributed by atoms with Crippen molar-refractivity contribution in [3.05, 3.63) is 46.7 Å². The normalized spacial score (nSPS) is 19.9. The quantitative estimate of drug-likeness (QED) is 0.798. The maximum Gasteiger partial charge on any atom is 0.307 e. The predicted molar refractivity (Wildman–Crippen MR) is 78.9 cm³/mol. The van der Waals surface area contributed by atoms with Gasteiger partial charge in [-0.2, -0.15) is 0 Å². The lowest BCUT2D eigenvalue weighted by Gasteiger charge is -2.21. The molecule has 4 nitrogen and oxygen atoms in total. The molecule has 21 heavy (non-hydrogen) atoms. The molecule has 1 aliphatic rings. The summed E-state index contributed by atoms with van der Waals surface area (Å²) in [6, 6.07) is 4.52. The van der Waals surface area contributed by atoms with Crippen LogP contribution in [-0.2, 0) is 16.1 Å². The molecule has 1 aromatic rings. The molecule has 2 atom stereocenters. The second-order valence-corrected chi connectivity index (χ2v) is 5.95. The van der Waals surface area contributed by atoms with Gasteiger partial charge in [-0.25, -0.2) is 4.39 Å². The van der Waals surface area contributed by atoms with E-state index >= 15 is 0 Å². The van der Waals surface area contributed by atoms with Gasteiger partial charge in [0.15, 0.2) is 0 Å². The van der Waals surface area contributed by atoms with Crippen molar-refractivity contribution in [3.8, 4) is 0 Å². The number of amides is 1. The molecule has 0 heterocycles. The average Bonchev–Trinajstić information content (AvgIpc) is 3.22. The Morgan fingerprint density at radius 2 is 2.19 bits per heavy atom. The van der Waals surface area contributed by atoms with E-state index in [1.54, 1.807) is 18.2 Å². The number of hydrogen-bond donors (Lipinski definition) is 1. The fourth-order valence-corrected chi connectivity index (χ4v) is 2.64. The Morgan fingerprint density at radius 3 is 2.76 bits per heavy atom. The van der Waals surface area contributed by atoms with E-state index in [9.17, 15) is 14.0 Å². The Bertz CT molecular complexity index is 590. The number of carboxylic acids is 1. The maximum atomic E-state index is 13.8. The van der Waals surface area contributed by atoms with Crippen LogP contribution in [0.3, 0.4) is 0 Å². The van der Waals surface area contributed by atoms with Crippen LogP contribution >= 0.6 is 15.9 Å². The lowest BCUT2D eigenvalue weighted by molar-refractivity contribution is -0.142. The summed E-state index contributed by atoms with van der Waals surface area (Å²) in [5.41, 5.74) is 0.382. The Morgan fingerprint density at radius 1 is 1.48 bits per heavy atom. The van der Waals surface area contributed by atoms with Gasteiger partial charge in [-0.3, -0.25) is 9.59 Å². The number of aliphatic carboxylic acids is 1. The van der Waals surface area contributed by atoms with Gasteiger partial charge in [0.25, 0.3) is 0 Å². The highest BCUT2D eigenvalue weighted by Gasteiger charge is 2.49. The molecular formula is C15H15BrFNO3. The summed E-state index contributed by atoms with van der Waals surface area (Å²) < 4.78 is 14.5. The molecular weight excluding hydrogens is 341 g/mol. The third-order valence-electron chi connectivity index (χ3n) is 3.45. The molecule has 0 aromatic heterocycles. The Balaban J connectivity index is 2.12. The summed E-state index contributed by atoms with van der Waals surface area (Å²) >= 11 is 3.26. The third kappa shape index (κ3) is 3.69. The number of halogens is 2. The molecule has 6 heteroatoms. The number of rotatable bonds is 6. The number of nitrogens with zero attached hydrogens (tertiary/aromatic N) is 1. The van der Waals surface area contributed by atoms with Crippen LogP contribution in [0.2, 0.25) is 0 Å². The molecule has 0 bridgehead atoms. The topological polar surface area (TPSA) is 57.6 Å². The van der Waals surface area contributed by atoms with Gasteiger partial charge in [0.05, 0.1) is 11.8 Å². The van der Waals surface area contributed by atoms with Crippen molar-refractivity contribution < 1.29 is 19.1 Å². The zero-order valence-corrected chi connectivity index (χ0v) is 12.8. The molecule has 1 amide bonds. The second kappa shape index (κ2) is 6.39. The fraction of sp³-hybridized carbons (Fsp3) is 0.333. The molecule has 1 aliphatic carbocycles. The molecule has 0 aliphatic heterocycles. The highest BCUT2D eigenvalue weighted by Crippen LogP contribution is 2.40. The largest absolute Gasteiger partial charge is 0.481 e. The smallest absolute Gasteiger partial charge is 0.307 e. The molecule has 112 valence electrons. The van der Waals surface area contributed by atoms with Crippen molar-refractivity contribution in [1.29, 1.82) is 0 Å². The van der Waals surface area contributed by atoms with Crippen LogP contribution in [0.5, 0.6) is 0 Å². The van der Waals surface area contributed by atoms with Crippen molar-refractivity contribution in [2.75, 3.05) is 6.54 Å². The molecule has 1 aromatic carbocycles. The van der Waals surface area contributed by atoms with Gasteiger partial charge in [-0.15, -0.1) is 6.58 Å². The van der Waals surface area contributed by atoms with E-state index in [0.717, 1.165) is 4.47 Å². The number of carbonyl (C=O) groups is 2. The van der Waals surface area contributed by atoms with Gasteiger partial charge in [-0.1, -0.05) is 22.0 Å². The van der Waals surface area contributed by atoms with E-state index in [0.29, 0.717) is 12.0 Å². The first-order chi connectivity index (χ1) is 9.93. The average molecular weight is 356 g/mol. The summed E-state index contributed by atoms with van der Waals surface area (Å²) in [5.74, 6) is -2.73. The Kier molecular flexibility index (Phi) is 4.77. The molecule has 2 unspecified atom stereocenters.